The van der Waals surface area contributed by atoms with Crippen molar-refractivity contribution in [2.45, 2.75) is 45.7 Å². The molecule has 0 radical (unpaired) electrons. The van der Waals surface area contributed by atoms with Gasteiger partial charge in [0.15, 0.2) is 0 Å². The molecular weight excluding hydrogens is 290 g/mol. The van der Waals surface area contributed by atoms with E-state index in [-0.39, 0.29) is 12.6 Å². The molecule has 0 saturated heterocycles. The summed E-state index contributed by atoms with van der Waals surface area (Å²) in [5.41, 5.74) is 1.27. The lowest BCUT2D eigenvalue weighted by molar-refractivity contribution is 0.211. The van der Waals surface area contributed by atoms with E-state index in [4.69, 9.17) is 0 Å². The van der Waals surface area contributed by atoms with Crippen LogP contribution in [0.15, 0.2) is 28.7 Å². The van der Waals surface area contributed by atoms with E-state index in [0.717, 1.165) is 17.3 Å². The van der Waals surface area contributed by atoms with Gasteiger partial charge in [-0.05, 0) is 36.5 Å². The second kappa shape index (κ2) is 7.93. The highest BCUT2D eigenvalue weighted by atomic mass is 79.9. The molecule has 0 aliphatic heterocycles. The van der Waals surface area contributed by atoms with Crippen molar-refractivity contribution >= 4 is 15.9 Å². The monoisotopic (exact) mass is 313 g/mol. The van der Waals surface area contributed by atoms with E-state index in [0.29, 0.717) is 12.0 Å². The van der Waals surface area contributed by atoms with Gasteiger partial charge in [0.2, 0.25) is 0 Å². The summed E-state index contributed by atoms with van der Waals surface area (Å²) in [4.78, 5) is 0. The van der Waals surface area contributed by atoms with Crippen LogP contribution in [-0.2, 0) is 0 Å². The van der Waals surface area contributed by atoms with Crippen molar-refractivity contribution in [3.8, 4) is 0 Å². The molecule has 0 spiro atoms. The molecule has 0 aromatic heterocycles. The Labute approximate surface area is 119 Å². The third-order valence-corrected chi connectivity index (χ3v) is 3.57. The number of nitrogens with one attached hydrogen (secondary N) is 1. The number of benzene rings is 1. The molecule has 2 unspecified atom stereocenters. The molecule has 1 rings (SSSR count). The summed E-state index contributed by atoms with van der Waals surface area (Å²) >= 11 is 3.51. The first-order valence-corrected chi connectivity index (χ1v) is 7.48. The SMILES string of the molecule is CCC(NC(CO)CC(C)C)c1cccc(Br)c1. The summed E-state index contributed by atoms with van der Waals surface area (Å²) in [5, 5.41) is 13.0. The minimum Gasteiger partial charge on any atom is -0.395 e. The van der Waals surface area contributed by atoms with Crippen LogP contribution in [0.4, 0.5) is 0 Å². The van der Waals surface area contributed by atoms with Gasteiger partial charge < -0.3 is 10.4 Å². The average Bonchev–Trinajstić information content (AvgIpc) is 2.33. The molecule has 2 nitrogen and oxygen atoms in total. The molecule has 0 bridgehead atoms. The van der Waals surface area contributed by atoms with Crippen molar-refractivity contribution in [2.24, 2.45) is 5.92 Å². The van der Waals surface area contributed by atoms with E-state index in [9.17, 15) is 5.11 Å². The predicted molar refractivity (Wildman–Crippen MR) is 80.6 cm³/mol. The third-order valence-electron chi connectivity index (χ3n) is 3.07. The summed E-state index contributed by atoms with van der Waals surface area (Å²) in [6.07, 6.45) is 2.02. The van der Waals surface area contributed by atoms with Gasteiger partial charge in [0.05, 0.1) is 6.61 Å². The van der Waals surface area contributed by atoms with Gasteiger partial charge in [-0.2, -0.15) is 0 Å². The van der Waals surface area contributed by atoms with Crippen molar-refractivity contribution in [1.29, 1.82) is 0 Å². The first kappa shape index (κ1) is 15.7. The maximum atomic E-state index is 9.45. The summed E-state index contributed by atoms with van der Waals surface area (Å²) in [7, 11) is 0. The van der Waals surface area contributed by atoms with Crippen molar-refractivity contribution in [3.63, 3.8) is 0 Å². The number of hydrogen-bond donors (Lipinski definition) is 2. The zero-order valence-electron chi connectivity index (χ0n) is 11.5. The largest absolute Gasteiger partial charge is 0.395 e. The quantitative estimate of drug-likeness (QED) is 0.800. The summed E-state index contributed by atoms with van der Waals surface area (Å²) in [6.45, 7) is 6.74. The third kappa shape index (κ3) is 5.09. The summed E-state index contributed by atoms with van der Waals surface area (Å²) in [5.74, 6) is 0.592. The smallest absolute Gasteiger partial charge is 0.0584 e. The number of hydrogen-bond acceptors (Lipinski definition) is 2. The fourth-order valence-electron chi connectivity index (χ4n) is 2.22. The first-order chi connectivity index (χ1) is 8.56. The number of aliphatic hydroxyl groups is 1. The molecule has 0 aliphatic rings. The van der Waals surface area contributed by atoms with Crippen LogP contribution < -0.4 is 5.32 Å². The second-order valence-corrected chi connectivity index (χ2v) is 6.11. The predicted octanol–water partition coefficient (Wildman–Crippen LogP) is 3.90. The molecule has 0 amide bonds. The molecule has 1 aromatic rings. The van der Waals surface area contributed by atoms with Gasteiger partial charge in [0, 0.05) is 16.6 Å². The Balaban J connectivity index is 2.71. The zero-order chi connectivity index (χ0) is 13.5. The fourth-order valence-corrected chi connectivity index (χ4v) is 2.64. The number of aliphatic hydroxyl groups excluding tert-OH is 1. The second-order valence-electron chi connectivity index (χ2n) is 5.19. The standard InChI is InChI=1S/C15H24BrNO/c1-4-15(12-6-5-7-13(16)9-12)17-14(10-18)8-11(2)3/h5-7,9,11,14-15,17-18H,4,8,10H2,1-3H3. The number of halogens is 1. The molecule has 1 aromatic carbocycles. The molecule has 0 saturated carbocycles. The Morgan fingerprint density at radius 2 is 2.06 bits per heavy atom. The molecule has 0 aliphatic carbocycles. The van der Waals surface area contributed by atoms with E-state index >= 15 is 0 Å². The van der Waals surface area contributed by atoms with Gasteiger partial charge in [-0.3, -0.25) is 0 Å². The Morgan fingerprint density at radius 3 is 2.56 bits per heavy atom. The van der Waals surface area contributed by atoms with Crippen LogP contribution in [0.5, 0.6) is 0 Å². The van der Waals surface area contributed by atoms with Crippen molar-refractivity contribution in [3.05, 3.63) is 34.3 Å². The normalized spacial score (nSPS) is 14.8. The first-order valence-electron chi connectivity index (χ1n) is 6.69. The van der Waals surface area contributed by atoms with Gasteiger partial charge in [0.25, 0.3) is 0 Å². The molecule has 0 fully saturated rings. The van der Waals surface area contributed by atoms with E-state index in [1.807, 2.05) is 6.07 Å². The Kier molecular flexibility index (Phi) is 6.90. The van der Waals surface area contributed by atoms with Gasteiger partial charge in [-0.1, -0.05) is 48.8 Å². The van der Waals surface area contributed by atoms with Crippen LogP contribution >= 0.6 is 15.9 Å². The summed E-state index contributed by atoms with van der Waals surface area (Å²) in [6, 6.07) is 8.85. The van der Waals surface area contributed by atoms with Gasteiger partial charge >= 0.3 is 0 Å². The Bertz CT molecular complexity index is 354. The highest BCUT2D eigenvalue weighted by molar-refractivity contribution is 9.10. The van der Waals surface area contributed by atoms with Crippen LogP contribution in [0.2, 0.25) is 0 Å². The van der Waals surface area contributed by atoms with Crippen LogP contribution in [0.1, 0.15) is 45.2 Å². The molecular formula is C15H24BrNO. The van der Waals surface area contributed by atoms with Crippen molar-refractivity contribution in [2.75, 3.05) is 6.61 Å². The van der Waals surface area contributed by atoms with Crippen LogP contribution in [0.25, 0.3) is 0 Å². The highest BCUT2D eigenvalue weighted by Crippen LogP contribution is 2.22. The minimum atomic E-state index is 0.175. The zero-order valence-corrected chi connectivity index (χ0v) is 13.1. The minimum absolute atomic E-state index is 0.175. The maximum absolute atomic E-state index is 9.45. The molecule has 2 atom stereocenters. The lowest BCUT2D eigenvalue weighted by atomic mass is 10.00. The topological polar surface area (TPSA) is 32.3 Å². The van der Waals surface area contributed by atoms with E-state index in [1.54, 1.807) is 0 Å². The van der Waals surface area contributed by atoms with Gasteiger partial charge in [-0.15, -0.1) is 0 Å². The van der Waals surface area contributed by atoms with Crippen LogP contribution in [0.3, 0.4) is 0 Å². The van der Waals surface area contributed by atoms with Crippen LogP contribution in [-0.4, -0.2) is 17.8 Å². The molecule has 3 heteroatoms. The average molecular weight is 314 g/mol. The Hall–Kier alpha value is -0.380. The van der Waals surface area contributed by atoms with Gasteiger partial charge in [0.1, 0.15) is 0 Å². The van der Waals surface area contributed by atoms with E-state index in [2.05, 4.69) is 60.2 Å². The molecule has 0 heterocycles. The molecule has 2 N–H and O–H groups in total. The fraction of sp³-hybridized carbons (Fsp3) is 0.600. The van der Waals surface area contributed by atoms with Gasteiger partial charge in [-0.25, -0.2) is 0 Å². The Morgan fingerprint density at radius 1 is 1.33 bits per heavy atom. The van der Waals surface area contributed by atoms with E-state index < -0.39 is 0 Å². The van der Waals surface area contributed by atoms with Crippen molar-refractivity contribution in [1.82, 2.24) is 5.32 Å². The molecule has 18 heavy (non-hydrogen) atoms. The molecule has 102 valence electrons. The number of rotatable bonds is 7. The van der Waals surface area contributed by atoms with Crippen molar-refractivity contribution < 1.29 is 5.11 Å². The van der Waals surface area contributed by atoms with E-state index in [1.165, 1.54) is 5.56 Å². The highest BCUT2D eigenvalue weighted by Gasteiger charge is 2.16. The lowest BCUT2D eigenvalue weighted by Gasteiger charge is -2.25. The summed E-state index contributed by atoms with van der Waals surface area (Å²) < 4.78 is 1.10. The van der Waals surface area contributed by atoms with Crippen LogP contribution in [0, 0.1) is 5.92 Å². The maximum Gasteiger partial charge on any atom is 0.0584 e. The lowest BCUT2D eigenvalue weighted by Crippen LogP contribution is -2.36.